The number of nitrogens with zero attached hydrogens (tertiary/aromatic N) is 1. The molecule has 0 bridgehead atoms. The molecular formula is C13H18N2O4. The Bertz CT molecular complexity index is 464. The summed E-state index contributed by atoms with van der Waals surface area (Å²) in [6.07, 6.45) is 4.24. The first-order chi connectivity index (χ1) is 9.10. The summed E-state index contributed by atoms with van der Waals surface area (Å²) in [6, 6.07) is 4.47. The van der Waals surface area contributed by atoms with Crippen LogP contribution in [0.2, 0.25) is 0 Å². The van der Waals surface area contributed by atoms with Gasteiger partial charge in [-0.1, -0.05) is 0 Å². The van der Waals surface area contributed by atoms with E-state index in [0.717, 1.165) is 25.7 Å². The zero-order valence-corrected chi connectivity index (χ0v) is 10.9. The molecule has 2 rings (SSSR count). The van der Waals surface area contributed by atoms with Gasteiger partial charge in [0.1, 0.15) is 17.5 Å². The van der Waals surface area contributed by atoms with Crippen LogP contribution < -0.4 is 10.5 Å². The van der Waals surface area contributed by atoms with Gasteiger partial charge < -0.3 is 15.2 Å². The van der Waals surface area contributed by atoms with Crippen LogP contribution in [0, 0.1) is 10.1 Å². The number of nitro groups is 1. The van der Waals surface area contributed by atoms with Crippen LogP contribution in [0.15, 0.2) is 18.2 Å². The minimum absolute atomic E-state index is 0.0829. The van der Waals surface area contributed by atoms with Gasteiger partial charge in [0.15, 0.2) is 0 Å². The van der Waals surface area contributed by atoms with Crippen LogP contribution in [-0.4, -0.2) is 24.2 Å². The van der Waals surface area contributed by atoms with E-state index in [9.17, 15) is 10.1 Å². The fourth-order valence-electron chi connectivity index (χ4n) is 2.39. The molecule has 0 spiro atoms. The molecule has 0 saturated heterocycles. The molecule has 6 nitrogen and oxygen atoms in total. The number of hydrogen-bond donors (Lipinski definition) is 1. The van der Waals surface area contributed by atoms with Gasteiger partial charge in [0.2, 0.25) is 0 Å². The number of benzene rings is 1. The number of methoxy groups -OCH3 is 1. The van der Waals surface area contributed by atoms with Gasteiger partial charge in [-0.15, -0.1) is 0 Å². The molecule has 1 fully saturated rings. The Morgan fingerprint density at radius 2 is 2.11 bits per heavy atom. The Hall–Kier alpha value is -1.82. The number of nitrogen functional groups attached to an aromatic ring is 1. The summed E-state index contributed by atoms with van der Waals surface area (Å²) in [5.74, 6) is 0.574. The van der Waals surface area contributed by atoms with Gasteiger partial charge in [-0.25, -0.2) is 0 Å². The Kier molecular flexibility index (Phi) is 4.21. The van der Waals surface area contributed by atoms with Crippen LogP contribution in [0.5, 0.6) is 5.75 Å². The van der Waals surface area contributed by atoms with Crippen molar-refractivity contribution in [3.8, 4) is 5.75 Å². The van der Waals surface area contributed by atoms with E-state index in [0.29, 0.717) is 5.75 Å². The molecule has 104 valence electrons. The number of rotatable bonds is 4. The Labute approximate surface area is 111 Å². The van der Waals surface area contributed by atoms with E-state index in [2.05, 4.69) is 0 Å². The summed E-state index contributed by atoms with van der Waals surface area (Å²) < 4.78 is 11.2. The number of nitrogens with two attached hydrogens (primary N) is 1. The average molecular weight is 266 g/mol. The summed E-state index contributed by atoms with van der Waals surface area (Å²) in [6.45, 7) is 0. The molecule has 1 aromatic carbocycles. The standard InChI is InChI=1S/C13H18N2O4/c1-18-9-3-2-4-10(7-9)19-11-5-6-13(15(16)17)12(14)8-11/h5-6,8-10H,2-4,7,14H2,1H3. The SMILES string of the molecule is COC1CCCC(Oc2ccc([N+](=O)[O-])c(N)c2)C1. The first kappa shape index (κ1) is 13.6. The maximum absolute atomic E-state index is 10.7. The molecule has 1 aromatic rings. The van der Waals surface area contributed by atoms with Crippen molar-refractivity contribution in [2.24, 2.45) is 0 Å². The van der Waals surface area contributed by atoms with Crippen LogP contribution in [0.3, 0.4) is 0 Å². The van der Waals surface area contributed by atoms with Crippen LogP contribution in [0.4, 0.5) is 11.4 Å². The van der Waals surface area contributed by atoms with E-state index in [4.69, 9.17) is 15.2 Å². The predicted molar refractivity (Wildman–Crippen MR) is 71.2 cm³/mol. The second-order valence-electron chi connectivity index (χ2n) is 4.74. The summed E-state index contributed by atoms with van der Waals surface area (Å²) in [7, 11) is 1.71. The minimum atomic E-state index is -0.499. The van der Waals surface area contributed by atoms with E-state index in [-0.39, 0.29) is 23.6 Å². The van der Waals surface area contributed by atoms with Crippen LogP contribution in [-0.2, 0) is 4.74 Å². The van der Waals surface area contributed by atoms with Crippen molar-refractivity contribution in [1.29, 1.82) is 0 Å². The topological polar surface area (TPSA) is 87.6 Å². The summed E-state index contributed by atoms with van der Waals surface area (Å²) in [4.78, 5) is 10.2. The highest BCUT2D eigenvalue weighted by atomic mass is 16.6. The van der Waals surface area contributed by atoms with Gasteiger partial charge in [-0.2, -0.15) is 0 Å². The number of nitro benzene ring substituents is 1. The molecule has 19 heavy (non-hydrogen) atoms. The molecule has 2 N–H and O–H groups in total. The quantitative estimate of drug-likeness (QED) is 0.514. The monoisotopic (exact) mass is 266 g/mol. The molecule has 2 atom stereocenters. The van der Waals surface area contributed by atoms with Gasteiger partial charge >= 0.3 is 0 Å². The fraction of sp³-hybridized carbons (Fsp3) is 0.538. The van der Waals surface area contributed by atoms with Crippen LogP contribution in [0.1, 0.15) is 25.7 Å². The maximum atomic E-state index is 10.7. The third kappa shape index (κ3) is 3.35. The van der Waals surface area contributed by atoms with Crippen molar-refractivity contribution in [1.82, 2.24) is 0 Å². The van der Waals surface area contributed by atoms with Crippen molar-refractivity contribution < 1.29 is 14.4 Å². The lowest BCUT2D eigenvalue weighted by Crippen LogP contribution is -2.29. The van der Waals surface area contributed by atoms with E-state index in [1.54, 1.807) is 13.2 Å². The van der Waals surface area contributed by atoms with Gasteiger partial charge in [-0.05, 0) is 25.3 Å². The smallest absolute Gasteiger partial charge is 0.292 e. The largest absolute Gasteiger partial charge is 0.490 e. The molecule has 2 unspecified atom stereocenters. The Morgan fingerprint density at radius 3 is 2.74 bits per heavy atom. The summed E-state index contributed by atoms with van der Waals surface area (Å²) in [5.41, 5.74) is 5.67. The second kappa shape index (κ2) is 5.88. The molecule has 1 saturated carbocycles. The Balaban J connectivity index is 2.03. The second-order valence-corrected chi connectivity index (χ2v) is 4.74. The first-order valence-corrected chi connectivity index (χ1v) is 6.33. The number of anilines is 1. The molecular weight excluding hydrogens is 248 g/mol. The zero-order valence-electron chi connectivity index (χ0n) is 10.9. The van der Waals surface area contributed by atoms with Crippen LogP contribution >= 0.6 is 0 Å². The molecule has 1 aliphatic rings. The average Bonchev–Trinajstić information content (AvgIpc) is 2.38. The highest BCUT2D eigenvalue weighted by Crippen LogP contribution is 2.29. The number of ether oxygens (including phenoxy) is 2. The lowest BCUT2D eigenvalue weighted by Gasteiger charge is -2.28. The molecule has 6 heteroatoms. The fourth-order valence-corrected chi connectivity index (χ4v) is 2.39. The molecule has 0 amide bonds. The van der Waals surface area contributed by atoms with Gasteiger partial charge in [0, 0.05) is 25.7 Å². The molecule has 0 heterocycles. The van der Waals surface area contributed by atoms with Gasteiger partial charge in [0.05, 0.1) is 11.0 Å². The lowest BCUT2D eigenvalue weighted by molar-refractivity contribution is -0.383. The molecule has 0 aliphatic heterocycles. The molecule has 0 aromatic heterocycles. The van der Waals surface area contributed by atoms with Crippen LogP contribution in [0.25, 0.3) is 0 Å². The van der Waals surface area contributed by atoms with E-state index >= 15 is 0 Å². The van der Waals surface area contributed by atoms with Gasteiger partial charge in [0.25, 0.3) is 5.69 Å². The predicted octanol–water partition coefficient (Wildman–Crippen LogP) is 2.51. The Morgan fingerprint density at radius 1 is 1.37 bits per heavy atom. The van der Waals surface area contributed by atoms with Crippen molar-refractivity contribution in [3.63, 3.8) is 0 Å². The van der Waals surface area contributed by atoms with E-state index < -0.39 is 4.92 Å². The van der Waals surface area contributed by atoms with Crippen molar-refractivity contribution >= 4 is 11.4 Å². The first-order valence-electron chi connectivity index (χ1n) is 6.33. The third-order valence-electron chi connectivity index (χ3n) is 3.41. The minimum Gasteiger partial charge on any atom is -0.490 e. The third-order valence-corrected chi connectivity index (χ3v) is 3.41. The zero-order chi connectivity index (χ0) is 13.8. The van der Waals surface area contributed by atoms with E-state index in [1.165, 1.54) is 12.1 Å². The van der Waals surface area contributed by atoms with Crippen molar-refractivity contribution in [3.05, 3.63) is 28.3 Å². The van der Waals surface area contributed by atoms with Crippen molar-refractivity contribution in [2.75, 3.05) is 12.8 Å². The van der Waals surface area contributed by atoms with E-state index in [1.807, 2.05) is 0 Å². The lowest BCUT2D eigenvalue weighted by atomic mass is 9.95. The normalized spacial score (nSPS) is 23.0. The molecule has 0 radical (unpaired) electrons. The highest BCUT2D eigenvalue weighted by Gasteiger charge is 2.23. The summed E-state index contributed by atoms with van der Waals surface area (Å²) >= 11 is 0. The van der Waals surface area contributed by atoms with Gasteiger partial charge in [-0.3, -0.25) is 10.1 Å². The highest BCUT2D eigenvalue weighted by molar-refractivity contribution is 5.60. The summed E-state index contributed by atoms with van der Waals surface area (Å²) in [5, 5.41) is 10.7. The molecule has 1 aliphatic carbocycles. The van der Waals surface area contributed by atoms with Crippen molar-refractivity contribution in [2.45, 2.75) is 37.9 Å². The number of hydrogen-bond acceptors (Lipinski definition) is 5. The maximum Gasteiger partial charge on any atom is 0.292 e.